The first-order valence-electron chi connectivity index (χ1n) is 18.0. The molecule has 0 aromatic carbocycles. The molecular weight excluding hydrogens is 596 g/mol. The van der Waals surface area contributed by atoms with Crippen LogP contribution in [0.3, 0.4) is 0 Å². The Kier molecular flexibility index (Phi) is 15.1. The molecule has 0 radical (unpaired) electrons. The predicted octanol–water partition coefficient (Wildman–Crippen LogP) is 8.14. The summed E-state index contributed by atoms with van der Waals surface area (Å²) in [5.74, 6) is -0.736. The number of carbonyl (C=O) groups excluding carboxylic acids is 2. The van der Waals surface area contributed by atoms with Crippen molar-refractivity contribution in [1.29, 1.82) is 0 Å². The van der Waals surface area contributed by atoms with Gasteiger partial charge in [0, 0.05) is 25.0 Å². The van der Waals surface area contributed by atoms with Crippen LogP contribution in [0.15, 0.2) is 0 Å². The normalized spacial score (nSPS) is 21.4. The van der Waals surface area contributed by atoms with Crippen LogP contribution in [0, 0.1) is 38.4 Å². The van der Waals surface area contributed by atoms with E-state index in [4.69, 9.17) is 18.9 Å². The van der Waals surface area contributed by atoms with Crippen molar-refractivity contribution < 1.29 is 38.7 Å². The van der Waals surface area contributed by atoms with Gasteiger partial charge < -0.3 is 29.2 Å². The Morgan fingerprint density at radius 3 is 1.64 bits per heavy atom. The summed E-state index contributed by atoms with van der Waals surface area (Å²) >= 11 is 0. The van der Waals surface area contributed by atoms with Crippen LogP contribution in [-0.4, -0.2) is 72.0 Å². The highest BCUT2D eigenvalue weighted by Gasteiger charge is 2.51. The third kappa shape index (κ3) is 13.9. The molecule has 0 aromatic heterocycles. The Morgan fingerprint density at radius 1 is 0.681 bits per heavy atom. The van der Waals surface area contributed by atoms with E-state index in [1.165, 1.54) is 0 Å². The zero-order valence-electron chi connectivity index (χ0n) is 33.3. The number of hydrogen-bond donors (Lipinski definition) is 2. The lowest BCUT2D eigenvalue weighted by Gasteiger charge is -2.45. The lowest BCUT2D eigenvalue weighted by Crippen LogP contribution is -2.50. The van der Waals surface area contributed by atoms with Crippen LogP contribution in [0.25, 0.3) is 0 Å². The van der Waals surface area contributed by atoms with Gasteiger partial charge in [0.25, 0.3) is 0 Å². The Labute approximate surface area is 288 Å². The van der Waals surface area contributed by atoms with Gasteiger partial charge in [0.1, 0.15) is 12.2 Å². The van der Waals surface area contributed by atoms with Crippen LogP contribution in [0.5, 0.6) is 0 Å². The highest BCUT2D eigenvalue weighted by molar-refractivity contribution is 5.76. The van der Waals surface area contributed by atoms with E-state index < -0.39 is 64.3 Å². The van der Waals surface area contributed by atoms with E-state index in [2.05, 4.69) is 48.5 Å². The predicted molar refractivity (Wildman–Crippen MR) is 189 cm³/mol. The number of carbonyl (C=O) groups is 2. The quantitative estimate of drug-likeness (QED) is 0.133. The maximum absolute atomic E-state index is 13.4. The summed E-state index contributed by atoms with van der Waals surface area (Å²) in [7, 11) is 0. The molecule has 0 aromatic rings. The first kappa shape index (κ1) is 43.8. The smallest absolute Gasteiger partial charge is 0.311 e. The van der Waals surface area contributed by atoms with Crippen molar-refractivity contribution in [2.45, 2.75) is 186 Å². The minimum atomic E-state index is -0.855. The van der Waals surface area contributed by atoms with Crippen molar-refractivity contribution in [1.82, 2.24) is 0 Å². The zero-order chi connectivity index (χ0) is 37.0. The monoisotopic (exact) mass is 671 g/mol. The zero-order valence-corrected chi connectivity index (χ0v) is 33.3. The van der Waals surface area contributed by atoms with Crippen LogP contribution in [0.1, 0.15) is 150 Å². The number of ether oxygens (including phenoxy) is 4. The summed E-state index contributed by atoms with van der Waals surface area (Å²) in [4.78, 5) is 26.6. The fraction of sp³-hybridized carbons (Fsp3) is 0.949. The molecule has 8 nitrogen and oxygen atoms in total. The van der Waals surface area contributed by atoms with Gasteiger partial charge in [-0.2, -0.15) is 0 Å². The third-order valence-corrected chi connectivity index (χ3v) is 9.40. The van der Waals surface area contributed by atoms with Gasteiger partial charge in [-0.3, -0.25) is 9.59 Å². The van der Waals surface area contributed by atoms with Gasteiger partial charge in [0.05, 0.1) is 36.3 Å². The van der Waals surface area contributed by atoms with Gasteiger partial charge in [0.15, 0.2) is 0 Å². The molecule has 2 N–H and O–H groups in total. The minimum Gasteiger partial charge on any atom is -0.458 e. The van der Waals surface area contributed by atoms with E-state index in [0.717, 1.165) is 12.8 Å². The van der Waals surface area contributed by atoms with E-state index in [1.807, 2.05) is 69.2 Å². The molecule has 7 atom stereocenters. The second-order valence-electron chi connectivity index (χ2n) is 19.6. The minimum absolute atomic E-state index is 0.0178. The summed E-state index contributed by atoms with van der Waals surface area (Å²) in [5, 5.41) is 22.8. The molecule has 7 unspecified atom stereocenters. The molecular formula is C39H74O8. The summed E-state index contributed by atoms with van der Waals surface area (Å²) in [5.41, 5.74) is -2.41. The molecule has 0 amide bonds. The van der Waals surface area contributed by atoms with Crippen LogP contribution < -0.4 is 0 Å². The molecule has 0 saturated heterocycles. The van der Waals surface area contributed by atoms with Crippen LogP contribution in [0.4, 0.5) is 0 Å². The van der Waals surface area contributed by atoms with Gasteiger partial charge in [-0.25, -0.2) is 0 Å². The number of aliphatic hydroxyl groups is 2. The van der Waals surface area contributed by atoms with Crippen molar-refractivity contribution in [2.75, 3.05) is 13.2 Å². The van der Waals surface area contributed by atoms with Gasteiger partial charge in [-0.15, -0.1) is 0 Å². The Balaban J connectivity index is 2.88. The molecule has 1 saturated carbocycles. The molecule has 0 bridgehead atoms. The van der Waals surface area contributed by atoms with Gasteiger partial charge in [-0.05, 0) is 74.5 Å². The van der Waals surface area contributed by atoms with E-state index in [-0.39, 0.29) is 29.1 Å². The summed E-state index contributed by atoms with van der Waals surface area (Å²) in [6.07, 6.45) is -0.859. The largest absolute Gasteiger partial charge is 0.458 e. The molecule has 0 aliphatic heterocycles. The molecule has 1 aliphatic rings. The van der Waals surface area contributed by atoms with Crippen molar-refractivity contribution in [3.8, 4) is 0 Å². The number of aliphatic hydroxyl groups excluding tert-OH is 2. The molecule has 1 fully saturated rings. The number of rotatable bonds is 19. The topological polar surface area (TPSA) is 112 Å². The molecule has 0 spiro atoms. The first-order chi connectivity index (χ1) is 21.0. The lowest BCUT2D eigenvalue weighted by atomic mass is 9.67. The van der Waals surface area contributed by atoms with Crippen molar-refractivity contribution in [3.63, 3.8) is 0 Å². The van der Waals surface area contributed by atoms with Crippen LogP contribution in [0.2, 0.25) is 0 Å². The van der Waals surface area contributed by atoms with Crippen LogP contribution in [-0.2, 0) is 28.5 Å². The van der Waals surface area contributed by atoms with Gasteiger partial charge in [0.2, 0.25) is 0 Å². The standard InChI is InChI=1S/C39H74O8/c1-18-44-31(29(41)25(3)21-34(4,5)6)38(14,15)24-39(16,17)33(43)47-27-20-26(27)46-28(40)22-36(10,11)32(45-19-2)30(42)37(12,13)23-35(7,8)9/h25-27,29-32,41-42H,18-24H2,1-17H3. The fourth-order valence-corrected chi connectivity index (χ4v) is 7.85. The number of esters is 2. The Hall–Kier alpha value is -1.22. The highest BCUT2D eigenvalue weighted by Crippen LogP contribution is 2.45. The van der Waals surface area contributed by atoms with E-state index in [1.54, 1.807) is 0 Å². The summed E-state index contributed by atoms with van der Waals surface area (Å²) in [6, 6.07) is 0. The van der Waals surface area contributed by atoms with Crippen molar-refractivity contribution in [2.24, 2.45) is 38.4 Å². The fourth-order valence-electron chi connectivity index (χ4n) is 7.85. The second-order valence-corrected chi connectivity index (χ2v) is 19.6. The van der Waals surface area contributed by atoms with Crippen molar-refractivity contribution >= 4 is 11.9 Å². The van der Waals surface area contributed by atoms with Crippen molar-refractivity contribution in [3.05, 3.63) is 0 Å². The summed E-state index contributed by atoms with van der Waals surface area (Å²) in [6.45, 7) is 35.4. The van der Waals surface area contributed by atoms with E-state index in [0.29, 0.717) is 26.1 Å². The third-order valence-electron chi connectivity index (χ3n) is 9.40. The first-order valence-corrected chi connectivity index (χ1v) is 18.0. The van der Waals surface area contributed by atoms with Crippen LogP contribution >= 0.6 is 0 Å². The lowest BCUT2D eigenvalue weighted by molar-refractivity contribution is -0.168. The Bertz CT molecular complexity index is 999. The van der Waals surface area contributed by atoms with Gasteiger partial charge >= 0.3 is 11.9 Å². The molecule has 47 heavy (non-hydrogen) atoms. The number of hydrogen-bond acceptors (Lipinski definition) is 8. The summed E-state index contributed by atoms with van der Waals surface area (Å²) < 4.78 is 23.8. The Morgan fingerprint density at radius 2 is 1.17 bits per heavy atom. The molecule has 1 aliphatic carbocycles. The van der Waals surface area contributed by atoms with E-state index >= 15 is 0 Å². The molecule has 0 heterocycles. The average Bonchev–Trinajstić information content (AvgIpc) is 3.57. The average molecular weight is 671 g/mol. The van der Waals surface area contributed by atoms with Gasteiger partial charge in [-0.1, -0.05) is 90.0 Å². The second kappa shape index (κ2) is 16.2. The SMILES string of the molecule is CCOC(C(O)C(C)CC(C)(C)C)C(C)(C)CC(C)(C)C(=O)OC1CC1OC(=O)CC(C)(C)C(OCC)C(O)C(C)(C)CC(C)(C)C. The maximum atomic E-state index is 13.4. The molecule has 8 heteroatoms. The van der Waals surface area contributed by atoms with E-state index in [9.17, 15) is 19.8 Å². The maximum Gasteiger partial charge on any atom is 0.311 e. The molecule has 1 rings (SSSR count). The highest BCUT2D eigenvalue weighted by atomic mass is 16.6. The molecule has 278 valence electrons.